The highest BCUT2D eigenvalue weighted by Crippen LogP contribution is 2.25. The molecule has 2 aromatic carbocycles. The second-order valence-corrected chi connectivity index (χ2v) is 7.54. The average molecular weight is 429 g/mol. The number of rotatable bonds is 11. The van der Waals surface area contributed by atoms with Gasteiger partial charge in [-0.25, -0.2) is 0 Å². The van der Waals surface area contributed by atoms with Crippen molar-refractivity contribution in [3.05, 3.63) is 54.1 Å². The first-order chi connectivity index (χ1) is 15.2. The third-order valence-electron chi connectivity index (χ3n) is 5.34. The number of carbonyl (C=O) groups excluding carboxylic acids is 1. The van der Waals surface area contributed by atoms with Gasteiger partial charge in [0.1, 0.15) is 12.4 Å². The molecule has 1 amide bonds. The van der Waals surface area contributed by atoms with Crippen LogP contribution in [0.5, 0.6) is 17.2 Å². The van der Waals surface area contributed by atoms with Gasteiger partial charge < -0.3 is 24.3 Å². The van der Waals surface area contributed by atoms with E-state index in [4.69, 9.17) is 18.9 Å². The van der Waals surface area contributed by atoms with Crippen LogP contribution in [-0.2, 0) is 16.1 Å². The second-order valence-electron chi connectivity index (χ2n) is 7.54. The number of hydrogen-bond acceptors (Lipinski definition) is 6. The van der Waals surface area contributed by atoms with E-state index in [1.807, 2.05) is 36.4 Å². The molecule has 1 N–H and O–H groups in total. The Hall–Kier alpha value is -2.77. The van der Waals surface area contributed by atoms with Gasteiger partial charge in [0.25, 0.3) is 5.91 Å². The molecule has 1 aliphatic heterocycles. The van der Waals surface area contributed by atoms with Gasteiger partial charge in [-0.05, 0) is 49.7 Å². The van der Waals surface area contributed by atoms with Crippen molar-refractivity contribution < 1.29 is 23.7 Å². The summed E-state index contributed by atoms with van der Waals surface area (Å²) in [5, 5.41) is 2.87. The largest absolute Gasteiger partial charge is 0.493 e. The predicted octanol–water partition coefficient (Wildman–Crippen LogP) is 2.88. The number of ether oxygens (including phenoxy) is 4. The van der Waals surface area contributed by atoms with E-state index < -0.39 is 0 Å². The maximum atomic E-state index is 12.1. The first-order valence-corrected chi connectivity index (χ1v) is 10.7. The summed E-state index contributed by atoms with van der Waals surface area (Å²) in [5.41, 5.74) is 0.973. The monoisotopic (exact) mass is 428 g/mol. The molecule has 1 saturated heterocycles. The van der Waals surface area contributed by atoms with Crippen LogP contribution < -0.4 is 19.5 Å². The van der Waals surface area contributed by atoms with E-state index >= 15 is 0 Å². The molecule has 168 valence electrons. The summed E-state index contributed by atoms with van der Waals surface area (Å²) in [7, 11) is 3.71. The zero-order valence-corrected chi connectivity index (χ0v) is 18.3. The van der Waals surface area contributed by atoms with Gasteiger partial charge in [0.15, 0.2) is 18.1 Å². The van der Waals surface area contributed by atoms with Crippen LogP contribution >= 0.6 is 0 Å². The first-order valence-electron chi connectivity index (χ1n) is 10.7. The molecule has 7 nitrogen and oxygen atoms in total. The molecular formula is C24H32N2O5. The Kier molecular flexibility index (Phi) is 8.99. The van der Waals surface area contributed by atoms with Crippen LogP contribution in [0, 0.1) is 0 Å². The molecule has 31 heavy (non-hydrogen) atoms. The maximum absolute atomic E-state index is 12.1. The molecule has 0 unspecified atom stereocenters. The lowest BCUT2D eigenvalue weighted by molar-refractivity contribution is -0.123. The highest BCUT2D eigenvalue weighted by molar-refractivity contribution is 5.77. The minimum atomic E-state index is -0.199. The second kappa shape index (κ2) is 12.2. The van der Waals surface area contributed by atoms with E-state index in [-0.39, 0.29) is 12.5 Å². The molecule has 0 radical (unpaired) electrons. The zero-order chi connectivity index (χ0) is 21.9. The summed E-state index contributed by atoms with van der Waals surface area (Å²) in [4.78, 5) is 14.5. The quantitative estimate of drug-likeness (QED) is 0.594. The van der Waals surface area contributed by atoms with Gasteiger partial charge in [0.05, 0.1) is 7.11 Å². The molecule has 7 heteroatoms. The number of carbonyl (C=O) groups is 1. The molecule has 0 spiro atoms. The fraction of sp³-hybridized carbons (Fsp3) is 0.458. The van der Waals surface area contributed by atoms with Crippen LogP contribution in [0.15, 0.2) is 48.5 Å². The Balaban J connectivity index is 1.39. The van der Waals surface area contributed by atoms with E-state index in [9.17, 15) is 4.79 Å². The lowest BCUT2D eigenvalue weighted by Crippen LogP contribution is -2.38. The van der Waals surface area contributed by atoms with Crippen LogP contribution in [-0.4, -0.2) is 64.0 Å². The molecule has 1 fully saturated rings. The highest BCUT2D eigenvalue weighted by atomic mass is 16.5. The van der Waals surface area contributed by atoms with E-state index in [0.717, 1.165) is 43.9 Å². The number of benzene rings is 2. The van der Waals surface area contributed by atoms with Gasteiger partial charge in [-0.1, -0.05) is 24.3 Å². The fourth-order valence-electron chi connectivity index (χ4n) is 3.49. The Morgan fingerprint density at radius 3 is 2.65 bits per heavy atom. The van der Waals surface area contributed by atoms with Gasteiger partial charge in [-0.15, -0.1) is 0 Å². The number of nitrogens with zero attached hydrogens (tertiary/aromatic N) is 1. The van der Waals surface area contributed by atoms with Crippen molar-refractivity contribution in [2.75, 3.05) is 47.1 Å². The summed E-state index contributed by atoms with van der Waals surface area (Å²) in [6, 6.07) is 15.6. The lowest BCUT2D eigenvalue weighted by Gasteiger charge is -2.31. The Morgan fingerprint density at radius 1 is 1.10 bits per heavy atom. The minimum Gasteiger partial charge on any atom is -0.493 e. The smallest absolute Gasteiger partial charge is 0.258 e. The van der Waals surface area contributed by atoms with Crippen molar-refractivity contribution in [3.8, 4) is 17.2 Å². The minimum absolute atomic E-state index is 0.0743. The normalized spacial score (nSPS) is 14.3. The van der Waals surface area contributed by atoms with E-state index in [1.165, 1.54) is 0 Å². The van der Waals surface area contributed by atoms with E-state index in [0.29, 0.717) is 30.7 Å². The van der Waals surface area contributed by atoms with Crippen LogP contribution in [0.4, 0.5) is 0 Å². The highest BCUT2D eigenvalue weighted by Gasteiger charge is 2.18. The van der Waals surface area contributed by atoms with Crippen molar-refractivity contribution in [1.82, 2.24) is 10.2 Å². The van der Waals surface area contributed by atoms with E-state index in [2.05, 4.69) is 17.3 Å². The molecule has 3 rings (SSSR count). The number of hydrogen-bond donors (Lipinski definition) is 1. The molecule has 0 atom stereocenters. The molecule has 0 bridgehead atoms. The lowest BCUT2D eigenvalue weighted by atomic mass is 10.1. The third-order valence-corrected chi connectivity index (χ3v) is 5.34. The molecule has 0 aromatic heterocycles. The van der Waals surface area contributed by atoms with Crippen molar-refractivity contribution in [3.63, 3.8) is 0 Å². The van der Waals surface area contributed by atoms with Crippen molar-refractivity contribution >= 4 is 5.91 Å². The summed E-state index contributed by atoms with van der Waals surface area (Å²) < 4.78 is 22.1. The van der Waals surface area contributed by atoms with Crippen molar-refractivity contribution in [2.45, 2.75) is 25.4 Å². The van der Waals surface area contributed by atoms with Gasteiger partial charge >= 0.3 is 0 Å². The van der Waals surface area contributed by atoms with E-state index in [1.54, 1.807) is 19.2 Å². The summed E-state index contributed by atoms with van der Waals surface area (Å²) >= 11 is 0. The summed E-state index contributed by atoms with van der Waals surface area (Å²) in [6.45, 7) is 3.51. The number of likely N-dealkylation sites (N-methyl/N-ethyl adjacent to an activating group) is 1. The van der Waals surface area contributed by atoms with Crippen LogP contribution in [0.25, 0.3) is 0 Å². The number of amides is 1. The Morgan fingerprint density at radius 2 is 1.87 bits per heavy atom. The first kappa shape index (κ1) is 22.9. The predicted molar refractivity (Wildman–Crippen MR) is 119 cm³/mol. The van der Waals surface area contributed by atoms with Gasteiger partial charge in [-0.3, -0.25) is 9.69 Å². The average Bonchev–Trinajstić information content (AvgIpc) is 2.82. The molecule has 1 heterocycles. The SMILES string of the molecule is COc1ccccc1OCC(=O)NCc1cccc(OCCN(C)C2CCOCC2)c1. The zero-order valence-electron chi connectivity index (χ0n) is 18.3. The topological polar surface area (TPSA) is 69.3 Å². The molecule has 2 aromatic rings. The van der Waals surface area contributed by atoms with Crippen LogP contribution in [0.3, 0.4) is 0 Å². The van der Waals surface area contributed by atoms with Gasteiger partial charge in [0.2, 0.25) is 0 Å². The Labute approximate surface area is 184 Å². The standard InChI is InChI=1S/C24H32N2O5/c1-26(20-10-13-29-14-11-20)12-15-30-21-7-5-6-19(16-21)17-25-24(27)18-31-23-9-4-3-8-22(23)28-2/h3-9,16,20H,10-15,17-18H2,1-2H3,(H,25,27). The summed E-state index contributed by atoms with van der Waals surface area (Å²) in [5.74, 6) is 1.75. The molecule has 0 saturated carbocycles. The molecular weight excluding hydrogens is 396 g/mol. The molecule has 0 aliphatic carbocycles. The van der Waals surface area contributed by atoms with Gasteiger partial charge in [0, 0.05) is 32.3 Å². The summed E-state index contributed by atoms with van der Waals surface area (Å²) in [6.07, 6.45) is 2.15. The van der Waals surface area contributed by atoms with Crippen molar-refractivity contribution in [1.29, 1.82) is 0 Å². The third kappa shape index (κ3) is 7.45. The fourth-order valence-corrected chi connectivity index (χ4v) is 3.49. The molecule has 1 aliphatic rings. The number of nitrogens with one attached hydrogen (secondary N) is 1. The van der Waals surface area contributed by atoms with Gasteiger partial charge in [-0.2, -0.15) is 0 Å². The maximum Gasteiger partial charge on any atom is 0.258 e. The number of methoxy groups -OCH3 is 1. The Bertz CT molecular complexity index is 823. The van der Waals surface area contributed by atoms with Crippen molar-refractivity contribution in [2.24, 2.45) is 0 Å². The van der Waals surface area contributed by atoms with Crippen LogP contribution in [0.1, 0.15) is 18.4 Å². The number of para-hydroxylation sites is 2. The van der Waals surface area contributed by atoms with Crippen LogP contribution in [0.2, 0.25) is 0 Å².